The van der Waals surface area contributed by atoms with Crippen molar-refractivity contribution in [3.05, 3.63) is 53.9 Å². The fourth-order valence-electron chi connectivity index (χ4n) is 4.56. The number of aromatic nitrogens is 2. The molecule has 0 amide bonds. The lowest BCUT2D eigenvalue weighted by Crippen LogP contribution is -2.43. The molecule has 1 atom stereocenters. The maximum atomic E-state index is 11.0. The summed E-state index contributed by atoms with van der Waals surface area (Å²) in [6, 6.07) is 10.1. The van der Waals surface area contributed by atoms with Crippen LogP contribution in [0.5, 0.6) is 17.4 Å². The van der Waals surface area contributed by atoms with Gasteiger partial charge in [-0.05, 0) is 67.4 Å². The van der Waals surface area contributed by atoms with Crippen LogP contribution in [-0.4, -0.2) is 66.0 Å². The number of aliphatic hydroxyl groups is 1. The van der Waals surface area contributed by atoms with Crippen molar-refractivity contribution >= 4 is 10.9 Å². The quantitative estimate of drug-likeness (QED) is 0.568. The van der Waals surface area contributed by atoms with E-state index in [1.165, 1.54) is 0 Å². The minimum absolute atomic E-state index is 0.442. The summed E-state index contributed by atoms with van der Waals surface area (Å²) in [6.45, 7) is 4.37. The van der Waals surface area contributed by atoms with E-state index in [0.29, 0.717) is 31.7 Å². The van der Waals surface area contributed by atoms with Gasteiger partial charge in [-0.2, -0.15) is 0 Å². The van der Waals surface area contributed by atoms with Gasteiger partial charge in [-0.3, -0.25) is 4.98 Å². The highest BCUT2D eigenvalue weighted by atomic mass is 16.6. The smallest absolute Gasteiger partial charge is 0.257 e. The Morgan fingerprint density at radius 3 is 2.85 bits per heavy atom. The summed E-state index contributed by atoms with van der Waals surface area (Å²) >= 11 is 0. The molecular weight excluding hydrogens is 420 g/mol. The molecule has 174 valence electrons. The number of aliphatic hydroxyl groups excluding tert-OH is 1. The molecule has 1 saturated heterocycles. The molecule has 2 aliphatic rings. The Kier molecular flexibility index (Phi) is 6.57. The molecule has 0 bridgehead atoms. The molecule has 3 aromatic rings. The molecule has 0 aliphatic carbocycles. The molecule has 2 N–H and O–H groups in total. The van der Waals surface area contributed by atoms with Crippen molar-refractivity contribution < 1.29 is 19.3 Å². The first kappa shape index (κ1) is 21.9. The molecule has 8 heteroatoms. The van der Waals surface area contributed by atoms with Crippen molar-refractivity contribution in [3.8, 4) is 17.4 Å². The molecule has 2 aliphatic heterocycles. The van der Waals surface area contributed by atoms with E-state index in [4.69, 9.17) is 14.2 Å². The van der Waals surface area contributed by atoms with Crippen LogP contribution in [0.2, 0.25) is 0 Å². The first-order valence-electron chi connectivity index (χ1n) is 11.5. The zero-order chi connectivity index (χ0) is 22.6. The fraction of sp³-hybridized carbons (Fsp3) is 0.440. The zero-order valence-corrected chi connectivity index (χ0v) is 18.9. The van der Waals surface area contributed by atoms with Crippen molar-refractivity contribution in [1.82, 2.24) is 20.2 Å². The van der Waals surface area contributed by atoms with Crippen molar-refractivity contribution in [3.63, 3.8) is 0 Å². The molecule has 0 saturated carbocycles. The molecule has 1 aromatic carbocycles. The number of rotatable bonds is 7. The second kappa shape index (κ2) is 9.91. The summed E-state index contributed by atoms with van der Waals surface area (Å²) < 4.78 is 16.5. The van der Waals surface area contributed by atoms with Gasteiger partial charge in [0.25, 0.3) is 5.88 Å². The first-order chi connectivity index (χ1) is 16.2. The summed E-state index contributed by atoms with van der Waals surface area (Å²) in [6.07, 6.45) is 5.11. The molecule has 1 fully saturated rings. The summed E-state index contributed by atoms with van der Waals surface area (Å²) in [4.78, 5) is 11.1. The van der Waals surface area contributed by atoms with E-state index in [1.54, 1.807) is 13.3 Å². The number of likely N-dealkylation sites (tertiary alicyclic amines) is 1. The van der Waals surface area contributed by atoms with Crippen LogP contribution in [0.15, 0.2) is 42.7 Å². The van der Waals surface area contributed by atoms with Crippen molar-refractivity contribution in [2.75, 3.05) is 40.0 Å². The van der Waals surface area contributed by atoms with E-state index in [2.05, 4.69) is 20.2 Å². The van der Waals surface area contributed by atoms with Crippen LogP contribution in [0.3, 0.4) is 0 Å². The standard InChI is InChI=1S/C25H30N4O4/c1-31-19-2-3-22-21(13-19)20(4-7-26-22)23(30)16-29-8-5-18(6-9-29)27-14-17-12-24-25(28-15-17)33-11-10-32-24/h2-4,7,12-13,15,18,23,27,30H,5-6,8-11,14,16H2,1H3/t23-/m0/s1. The first-order valence-corrected chi connectivity index (χ1v) is 11.5. The predicted octanol–water partition coefficient (Wildman–Crippen LogP) is 2.70. The monoisotopic (exact) mass is 450 g/mol. The van der Waals surface area contributed by atoms with Crippen LogP contribution in [-0.2, 0) is 6.54 Å². The number of hydrogen-bond donors (Lipinski definition) is 2. The number of fused-ring (bicyclic) bond motifs is 2. The number of ether oxygens (including phenoxy) is 3. The van der Waals surface area contributed by atoms with Gasteiger partial charge in [0.05, 0.1) is 18.7 Å². The normalized spacial score (nSPS) is 17.8. The highest BCUT2D eigenvalue weighted by Gasteiger charge is 2.23. The maximum Gasteiger partial charge on any atom is 0.257 e. The van der Waals surface area contributed by atoms with Gasteiger partial charge >= 0.3 is 0 Å². The van der Waals surface area contributed by atoms with Crippen LogP contribution in [0.1, 0.15) is 30.1 Å². The molecular formula is C25H30N4O4. The van der Waals surface area contributed by atoms with Crippen molar-refractivity contribution in [1.29, 1.82) is 0 Å². The summed E-state index contributed by atoms with van der Waals surface area (Å²) in [5, 5.41) is 15.6. The molecule has 0 unspecified atom stereocenters. The number of piperidine rings is 1. The van der Waals surface area contributed by atoms with Crippen LogP contribution in [0.4, 0.5) is 0 Å². The molecule has 0 spiro atoms. The Labute approximate surface area is 193 Å². The van der Waals surface area contributed by atoms with Gasteiger partial charge in [-0.15, -0.1) is 0 Å². The Morgan fingerprint density at radius 1 is 1.15 bits per heavy atom. The number of nitrogens with zero attached hydrogens (tertiary/aromatic N) is 3. The Hall–Kier alpha value is -2.94. The molecule has 8 nitrogen and oxygen atoms in total. The largest absolute Gasteiger partial charge is 0.497 e. The molecule has 33 heavy (non-hydrogen) atoms. The lowest BCUT2D eigenvalue weighted by Gasteiger charge is -2.33. The van der Waals surface area contributed by atoms with Gasteiger partial charge < -0.3 is 29.5 Å². The molecule has 2 aromatic heterocycles. The summed E-state index contributed by atoms with van der Waals surface area (Å²) in [5.74, 6) is 2.08. The van der Waals surface area contributed by atoms with Gasteiger partial charge in [0.2, 0.25) is 0 Å². The number of nitrogens with one attached hydrogen (secondary N) is 1. The van der Waals surface area contributed by atoms with Crippen molar-refractivity contribution in [2.45, 2.75) is 31.5 Å². The molecule has 4 heterocycles. The highest BCUT2D eigenvalue weighted by Crippen LogP contribution is 2.29. The van der Waals surface area contributed by atoms with E-state index < -0.39 is 6.10 Å². The third kappa shape index (κ3) is 5.03. The third-order valence-electron chi connectivity index (χ3n) is 6.41. The number of benzene rings is 1. The van der Waals surface area contributed by atoms with Crippen LogP contribution in [0, 0.1) is 0 Å². The molecule has 5 rings (SSSR count). The van der Waals surface area contributed by atoms with E-state index in [0.717, 1.165) is 66.0 Å². The number of pyridine rings is 2. The minimum atomic E-state index is -0.573. The van der Waals surface area contributed by atoms with Gasteiger partial charge in [-0.25, -0.2) is 4.98 Å². The van der Waals surface area contributed by atoms with Gasteiger partial charge in [0.1, 0.15) is 19.0 Å². The maximum absolute atomic E-state index is 11.0. The Morgan fingerprint density at radius 2 is 2.00 bits per heavy atom. The van der Waals surface area contributed by atoms with Gasteiger partial charge in [-0.1, -0.05) is 0 Å². The number of hydrogen-bond acceptors (Lipinski definition) is 8. The second-order valence-corrected chi connectivity index (χ2v) is 8.60. The molecule has 0 radical (unpaired) electrons. The SMILES string of the molecule is COc1ccc2nccc([C@@H](O)CN3CCC(NCc4cnc5c(c4)OCCO5)CC3)c2c1. The Balaban J connectivity index is 1.14. The number of β-amino-alcohol motifs (C(OH)–C–C–N with tert-alkyl or cyclic N) is 1. The third-order valence-corrected chi connectivity index (χ3v) is 6.41. The van der Waals surface area contributed by atoms with E-state index in [9.17, 15) is 5.11 Å². The van der Waals surface area contributed by atoms with Gasteiger partial charge in [0.15, 0.2) is 5.75 Å². The summed E-state index contributed by atoms with van der Waals surface area (Å²) in [5.41, 5.74) is 2.85. The van der Waals surface area contributed by atoms with Crippen LogP contribution >= 0.6 is 0 Å². The lowest BCUT2D eigenvalue weighted by atomic mass is 10.0. The Bertz CT molecular complexity index is 1100. The zero-order valence-electron chi connectivity index (χ0n) is 18.9. The number of methoxy groups -OCH3 is 1. The fourth-order valence-corrected chi connectivity index (χ4v) is 4.56. The second-order valence-electron chi connectivity index (χ2n) is 8.60. The van der Waals surface area contributed by atoms with E-state index >= 15 is 0 Å². The van der Waals surface area contributed by atoms with Crippen LogP contribution < -0.4 is 19.5 Å². The average Bonchev–Trinajstić information content (AvgIpc) is 2.87. The summed E-state index contributed by atoms with van der Waals surface area (Å²) in [7, 11) is 1.65. The highest BCUT2D eigenvalue weighted by molar-refractivity contribution is 5.83. The van der Waals surface area contributed by atoms with Crippen LogP contribution in [0.25, 0.3) is 10.9 Å². The van der Waals surface area contributed by atoms with E-state index in [1.807, 2.05) is 36.5 Å². The minimum Gasteiger partial charge on any atom is -0.497 e. The lowest BCUT2D eigenvalue weighted by molar-refractivity contribution is 0.0948. The van der Waals surface area contributed by atoms with Crippen molar-refractivity contribution in [2.24, 2.45) is 0 Å². The topological polar surface area (TPSA) is 89.0 Å². The van der Waals surface area contributed by atoms with Gasteiger partial charge in [0, 0.05) is 36.9 Å². The van der Waals surface area contributed by atoms with E-state index in [-0.39, 0.29) is 0 Å². The average molecular weight is 451 g/mol. The predicted molar refractivity (Wildman–Crippen MR) is 125 cm³/mol.